The van der Waals surface area contributed by atoms with E-state index in [2.05, 4.69) is 27.5 Å². The van der Waals surface area contributed by atoms with Gasteiger partial charge in [-0.25, -0.2) is 14.0 Å². The maximum atomic E-state index is 15.3. The van der Waals surface area contributed by atoms with Crippen molar-refractivity contribution >= 4 is 28.7 Å². The highest BCUT2D eigenvalue weighted by Gasteiger charge is 2.16. The van der Waals surface area contributed by atoms with Crippen molar-refractivity contribution in [3.8, 4) is 16.9 Å². The fourth-order valence-electron chi connectivity index (χ4n) is 5.42. The molecule has 47 heavy (non-hydrogen) atoms. The maximum absolute atomic E-state index is 15.3. The van der Waals surface area contributed by atoms with Gasteiger partial charge in [0.15, 0.2) is 5.82 Å². The minimum Gasteiger partial charge on any atom is -0.445 e. The van der Waals surface area contributed by atoms with Crippen LogP contribution in [0.4, 0.5) is 9.18 Å². The number of amides is 1. The quantitative estimate of drug-likeness (QED) is 0.0971. The van der Waals surface area contributed by atoms with E-state index in [9.17, 15) is 9.59 Å². The Hall–Kier alpha value is -4.51. The second-order valence-electron chi connectivity index (χ2n) is 11.7. The van der Waals surface area contributed by atoms with Gasteiger partial charge in [-0.05, 0) is 99.6 Å². The van der Waals surface area contributed by atoms with Gasteiger partial charge in [-0.1, -0.05) is 54.1 Å². The number of aryl methyl sites for hydroxylation is 1. The Morgan fingerprint density at radius 2 is 1.83 bits per heavy atom. The number of carbonyl (C=O) groups excluding carboxylic acids is 1. The van der Waals surface area contributed by atoms with Crippen LogP contribution in [0, 0.1) is 5.82 Å². The lowest BCUT2D eigenvalue weighted by Gasteiger charge is -2.14. The molecular formula is C36H40ClFN6O3. The lowest BCUT2D eigenvalue weighted by molar-refractivity contribution is 0.136. The minimum atomic E-state index is -0.557. The number of nitrogens with two attached hydrogens (primary N) is 1. The average Bonchev–Trinajstić information content (AvgIpc) is 3.48. The molecular weight excluding hydrogens is 619 g/mol. The van der Waals surface area contributed by atoms with E-state index < -0.39 is 17.6 Å². The number of carbonyl (C=O) groups is 1. The third-order valence-electron chi connectivity index (χ3n) is 8.07. The van der Waals surface area contributed by atoms with Crippen LogP contribution in [0.1, 0.15) is 55.8 Å². The molecule has 5 N–H and O–H groups in total. The monoisotopic (exact) mass is 658 g/mol. The van der Waals surface area contributed by atoms with Gasteiger partial charge in [0, 0.05) is 29.2 Å². The molecule has 9 nitrogen and oxygen atoms in total. The van der Waals surface area contributed by atoms with Crippen molar-refractivity contribution in [1.29, 1.82) is 0 Å². The van der Waals surface area contributed by atoms with Crippen LogP contribution in [0.25, 0.3) is 28.0 Å². The molecule has 5 aromatic rings. The molecule has 2 heterocycles. The van der Waals surface area contributed by atoms with Crippen LogP contribution in [-0.2, 0) is 17.8 Å². The van der Waals surface area contributed by atoms with Gasteiger partial charge in [0.25, 0.3) is 0 Å². The molecule has 0 aliphatic carbocycles. The summed E-state index contributed by atoms with van der Waals surface area (Å²) in [7, 11) is 0. The van der Waals surface area contributed by atoms with E-state index in [1.54, 1.807) is 24.4 Å². The minimum absolute atomic E-state index is 0.00573. The molecule has 0 aliphatic heterocycles. The highest BCUT2D eigenvalue weighted by molar-refractivity contribution is 6.31. The van der Waals surface area contributed by atoms with Crippen LogP contribution in [-0.4, -0.2) is 39.8 Å². The van der Waals surface area contributed by atoms with Crippen molar-refractivity contribution in [3.05, 3.63) is 117 Å². The standard InChI is InChI=1S/C36H40ClFN6O3/c1-23(41-36(46)47-22-25-9-4-3-5-10-25)8-6-11-26-18-30(33(38)31(37)19-26)32-20-28-21-44(35(45)43-34(28)42-32)29-14-12-27(13-15-29)24(2)40-17-7-16-39/h3-5,9-10,12-15,18-21,23-24,40H,6-8,11,16-17,22,39H2,1-2H3,(H,41,46)(H,42,43,45)/t23-,24-/m0/s1. The molecule has 0 unspecified atom stereocenters. The first-order valence-corrected chi connectivity index (χ1v) is 16.2. The third-order valence-corrected chi connectivity index (χ3v) is 8.34. The Kier molecular flexibility index (Phi) is 11.4. The van der Waals surface area contributed by atoms with Crippen molar-refractivity contribution in [3.63, 3.8) is 0 Å². The van der Waals surface area contributed by atoms with Gasteiger partial charge >= 0.3 is 11.8 Å². The topological polar surface area (TPSA) is 127 Å². The van der Waals surface area contributed by atoms with Gasteiger partial charge in [-0.3, -0.25) is 4.57 Å². The summed E-state index contributed by atoms with van der Waals surface area (Å²) in [5, 5.41) is 6.94. The molecule has 0 saturated heterocycles. The van der Waals surface area contributed by atoms with Crippen LogP contribution >= 0.6 is 11.6 Å². The Bertz CT molecular complexity index is 1860. The number of benzene rings is 3. The summed E-state index contributed by atoms with van der Waals surface area (Å²) in [5.74, 6) is -0.557. The highest BCUT2D eigenvalue weighted by atomic mass is 35.5. The van der Waals surface area contributed by atoms with E-state index in [1.807, 2.05) is 61.5 Å². The molecule has 5 rings (SSSR count). The predicted molar refractivity (Wildman–Crippen MR) is 184 cm³/mol. The molecule has 0 aliphatic rings. The SMILES string of the molecule is C[C@H](NCCCN)c1ccc(-n2cc3cc(-c4cc(CCC[C@H](C)NC(=O)OCc5ccccc5)cc(Cl)c4F)[nH]c3nc2=O)cc1. The molecule has 0 bridgehead atoms. The van der Waals surface area contributed by atoms with Gasteiger partial charge in [0.05, 0.1) is 16.4 Å². The zero-order chi connectivity index (χ0) is 33.3. The Morgan fingerprint density at radius 1 is 1.06 bits per heavy atom. The Labute approximate surface area is 278 Å². The first kappa shape index (κ1) is 33.8. The van der Waals surface area contributed by atoms with Gasteiger partial charge < -0.3 is 26.1 Å². The van der Waals surface area contributed by atoms with E-state index in [0.29, 0.717) is 47.4 Å². The molecule has 11 heteroatoms. The summed E-state index contributed by atoms with van der Waals surface area (Å²) < 4.78 is 22.1. The van der Waals surface area contributed by atoms with Crippen LogP contribution in [0.3, 0.4) is 0 Å². The summed E-state index contributed by atoms with van der Waals surface area (Å²) in [6, 6.07) is 22.4. The molecule has 2 atom stereocenters. The van der Waals surface area contributed by atoms with E-state index in [-0.39, 0.29) is 23.7 Å². The lowest BCUT2D eigenvalue weighted by atomic mass is 10.0. The molecule has 0 fully saturated rings. The number of hydrogen-bond acceptors (Lipinski definition) is 6. The number of nitrogens with one attached hydrogen (secondary N) is 3. The van der Waals surface area contributed by atoms with Gasteiger partial charge in [-0.15, -0.1) is 0 Å². The molecule has 0 spiro atoms. The number of aromatic amines is 1. The van der Waals surface area contributed by atoms with Gasteiger partial charge in [0.2, 0.25) is 0 Å². The van der Waals surface area contributed by atoms with E-state index in [0.717, 1.165) is 36.1 Å². The van der Waals surface area contributed by atoms with Crippen LogP contribution in [0.15, 0.2) is 83.8 Å². The van der Waals surface area contributed by atoms with E-state index in [4.69, 9.17) is 22.1 Å². The fraction of sp³-hybridized carbons (Fsp3) is 0.306. The number of ether oxygens (including phenoxy) is 1. The summed E-state index contributed by atoms with van der Waals surface area (Å²) >= 11 is 6.32. The number of hydrogen-bond donors (Lipinski definition) is 4. The number of nitrogens with zero attached hydrogens (tertiary/aromatic N) is 2. The summed E-state index contributed by atoms with van der Waals surface area (Å²) in [5.41, 5.74) is 9.79. The van der Waals surface area contributed by atoms with Crippen molar-refractivity contribution < 1.29 is 13.9 Å². The van der Waals surface area contributed by atoms with Crippen molar-refractivity contribution in [2.24, 2.45) is 5.73 Å². The molecule has 3 aromatic carbocycles. The zero-order valence-electron chi connectivity index (χ0n) is 26.6. The number of alkyl carbamates (subject to hydrolysis) is 1. The van der Waals surface area contributed by atoms with Crippen molar-refractivity contribution in [2.45, 2.75) is 58.2 Å². The van der Waals surface area contributed by atoms with Crippen LogP contribution < -0.4 is 22.1 Å². The number of halogens is 2. The maximum Gasteiger partial charge on any atom is 0.407 e. The number of fused-ring (bicyclic) bond motifs is 1. The molecule has 2 aromatic heterocycles. The zero-order valence-corrected chi connectivity index (χ0v) is 27.3. The van der Waals surface area contributed by atoms with Crippen LogP contribution in [0.5, 0.6) is 0 Å². The molecule has 0 radical (unpaired) electrons. The number of aromatic nitrogens is 3. The van der Waals surface area contributed by atoms with E-state index >= 15 is 4.39 Å². The number of rotatable bonds is 14. The molecule has 0 saturated carbocycles. The van der Waals surface area contributed by atoms with Gasteiger partial charge in [-0.2, -0.15) is 4.98 Å². The first-order valence-electron chi connectivity index (χ1n) is 15.8. The number of H-pyrrole nitrogens is 1. The smallest absolute Gasteiger partial charge is 0.407 e. The Balaban J connectivity index is 1.24. The summed E-state index contributed by atoms with van der Waals surface area (Å²) in [6.45, 7) is 5.66. The Morgan fingerprint density at radius 3 is 2.57 bits per heavy atom. The largest absolute Gasteiger partial charge is 0.445 e. The first-order chi connectivity index (χ1) is 22.7. The molecule has 246 valence electrons. The lowest BCUT2D eigenvalue weighted by Crippen LogP contribution is -2.33. The summed E-state index contributed by atoms with van der Waals surface area (Å²) in [6.07, 6.45) is 4.18. The second kappa shape index (κ2) is 15.9. The highest BCUT2D eigenvalue weighted by Crippen LogP contribution is 2.31. The van der Waals surface area contributed by atoms with Crippen molar-refractivity contribution in [1.82, 2.24) is 25.2 Å². The van der Waals surface area contributed by atoms with Crippen LogP contribution in [0.2, 0.25) is 5.02 Å². The third kappa shape index (κ3) is 8.85. The fourth-order valence-corrected chi connectivity index (χ4v) is 5.66. The average molecular weight is 659 g/mol. The normalized spacial score (nSPS) is 12.6. The van der Waals surface area contributed by atoms with Crippen molar-refractivity contribution in [2.75, 3.05) is 13.1 Å². The molecule has 1 amide bonds. The predicted octanol–water partition coefficient (Wildman–Crippen LogP) is 6.81. The van der Waals surface area contributed by atoms with Gasteiger partial charge in [0.1, 0.15) is 12.3 Å². The summed E-state index contributed by atoms with van der Waals surface area (Å²) in [4.78, 5) is 32.5. The van der Waals surface area contributed by atoms with E-state index in [1.165, 1.54) is 4.57 Å². The second-order valence-corrected chi connectivity index (χ2v) is 12.1.